The minimum atomic E-state index is 0. The maximum Gasteiger partial charge on any atom is 0.151 e. The third-order valence-electron chi connectivity index (χ3n) is 4.02. The number of amidine groups is 2. The molecule has 7 N–H and O–H groups in total. The lowest BCUT2D eigenvalue weighted by molar-refractivity contribution is 0.629. The summed E-state index contributed by atoms with van der Waals surface area (Å²) in [5.41, 5.74) is 14.9. The molecule has 6 nitrogen and oxygen atoms in total. The Morgan fingerprint density at radius 2 is 1.48 bits per heavy atom. The third-order valence-corrected chi connectivity index (χ3v) is 4.02. The van der Waals surface area contributed by atoms with E-state index in [0.29, 0.717) is 16.9 Å². The van der Waals surface area contributed by atoms with E-state index in [4.69, 9.17) is 26.7 Å². The summed E-state index contributed by atoms with van der Waals surface area (Å²) < 4.78 is 5.89. The van der Waals surface area contributed by atoms with Gasteiger partial charge in [-0.2, -0.15) is 0 Å². The molecule has 0 bridgehead atoms. The topological polar surface area (TPSA) is 129 Å². The summed E-state index contributed by atoms with van der Waals surface area (Å²) in [5.74, 6) is 0.772. The van der Waals surface area contributed by atoms with Gasteiger partial charge in [-0.05, 0) is 48.5 Å². The number of rotatable bonds is 3. The second kappa shape index (κ2) is 5.99. The van der Waals surface area contributed by atoms with Crippen molar-refractivity contribution in [1.29, 1.82) is 10.8 Å². The van der Waals surface area contributed by atoms with Gasteiger partial charge in [0.1, 0.15) is 17.3 Å². The Bertz CT molecular complexity index is 1040. The van der Waals surface area contributed by atoms with Crippen LogP contribution in [0.4, 0.5) is 0 Å². The second-order valence-electron chi connectivity index (χ2n) is 5.68. The molecule has 7 heteroatoms. The first-order valence-electron chi connectivity index (χ1n) is 7.37. The monoisotopic (exact) mass is 353 g/mol. The van der Waals surface area contributed by atoms with Gasteiger partial charge in [-0.3, -0.25) is 10.8 Å². The van der Waals surface area contributed by atoms with E-state index in [9.17, 15) is 0 Å². The molecule has 0 saturated heterocycles. The molecule has 0 radical (unpaired) electrons. The van der Waals surface area contributed by atoms with Crippen LogP contribution in [-0.2, 0) is 0 Å². The maximum absolute atomic E-state index is 7.53. The van der Waals surface area contributed by atoms with E-state index in [1.54, 1.807) is 6.07 Å². The molecular formula is C18H16ClN5O. The van der Waals surface area contributed by atoms with Crippen LogP contribution in [0.5, 0.6) is 0 Å². The number of halogens is 1. The Hall–Kier alpha value is -3.25. The van der Waals surface area contributed by atoms with E-state index < -0.39 is 0 Å². The molecular weight excluding hydrogens is 338 g/mol. The van der Waals surface area contributed by atoms with Crippen molar-refractivity contribution in [2.75, 3.05) is 0 Å². The predicted octanol–water partition coefficient (Wildman–Crippen LogP) is 3.57. The number of furan rings is 1. The summed E-state index contributed by atoms with van der Waals surface area (Å²) in [5, 5.41) is 16.9. The van der Waals surface area contributed by atoms with E-state index >= 15 is 0 Å². The van der Waals surface area contributed by atoms with Crippen LogP contribution in [0.2, 0.25) is 0 Å². The fourth-order valence-corrected chi connectivity index (χ4v) is 2.78. The van der Waals surface area contributed by atoms with Gasteiger partial charge in [0.25, 0.3) is 0 Å². The van der Waals surface area contributed by atoms with Crippen LogP contribution >= 0.6 is 12.4 Å². The van der Waals surface area contributed by atoms with Gasteiger partial charge in [0.05, 0.1) is 5.69 Å². The Balaban J connectivity index is 0.00000182. The van der Waals surface area contributed by atoms with Gasteiger partial charge in [0.15, 0.2) is 5.76 Å². The van der Waals surface area contributed by atoms with E-state index in [0.717, 1.165) is 27.6 Å². The van der Waals surface area contributed by atoms with Gasteiger partial charge in [0.2, 0.25) is 0 Å². The standard InChI is InChI=1S/C18H15N5O.ClH/c19-17(20)9-1-3-13-11(5-9)7-14(23-13)16-8-12-6-10(18(21)22)2-4-15(12)24-16;/h1-8,23H,(H3,19,20)(H3,21,22);1H. The van der Waals surface area contributed by atoms with Gasteiger partial charge in [-0.1, -0.05) is 0 Å². The highest BCUT2D eigenvalue weighted by atomic mass is 35.5. The van der Waals surface area contributed by atoms with Crippen molar-refractivity contribution in [2.45, 2.75) is 0 Å². The lowest BCUT2D eigenvalue weighted by Gasteiger charge is -1.96. The number of aromatic amines is 1. The Morgan fingerprint density at radius 3 is 2.16 bits per heavy atom. The summed E-state index contributed by atoms with van der Waals surface area (Å²) in [6.07, 6.45) is 0. The van der Waals surface area contributed by atoms with Gasteiger partial charge >= 0.3 is 0 Å². The smallest absolute Gasteiger partial charge is 0.151 e. The van der Waals surface area contributed by atoms with Crippen LogP contribution in [0.25, 0.3) is 33.3 Å². The number of nitrogens with two attached hydrogens (primary N) is 2. The molecule has 2 aromatic carbocycles. The number of fused-ring (bicyclic) bond motifs is 2. The van der Waals surface area contributed by atoms with Crippen molar-refractivity contribution in [3.8, 4) is 11.5 Å². The van der Waals surface area contributed by atoms with E-state index in [2.05, 4.69) is 4.98 Å². The second-order valence-corrected chi connectivity index (χ2v) is 5.68. The predicted molar refractivity (Wildman–Crippen MR) is 103 cm³/mol. The molecule has 0 aliphatic carbocycles. The molecule has 2 aromatic heterocycles. The fraction of sp³-hybridized carbons (Fsp3) is 0. The number of nitrogens with one attached hydrogen (secondary N) is 3. The highest BCUT2D eigenvalue weighted by molar-refractivity contribution is 6.00. The minimum Gasteiger partial charge on any atom is -0.455 e. The molecule has 0 spiro atoms. The molecule has 2 heterocycles. The summed E-state index contributed by atoms with van der Waals surface area (Å²) in [7, 11) is 0. The van der Waals surface area contributed by atoms with E-state index in [1.165, 1.54) is 0 Å². The average molecular weight is 354 g/mol. The average Bonchev–Trinajstić information content (AvgIpc) is 3.16. The number of hydrogen-bond acceptors (Lipinski definition) is 3. The zero-order valence-electron chi connectivity index (χ0n) is 13.1. The number of H-pyrrole nitrogens is 1. The van der Waals surface area contributed by atoms with Crippen molar-refractivity contribution in [3.05, 3.63) is 59.7 Å². The van der Waals surface area contributed by atoms with Crippen LogP contribution in [0.1, 0.15) is 11.1 Å². The van der Waals surface area contributed by atoms with E-state index in [1.807, 2.05) is 42.5 Å². The molecule has 4 rings (SSSR count). The van der Waals surface area contributed by atoms with Crippen LogP contribution in [0.15, 0.2) is 52.9 Å². The molecule has 25 heavy (non-hydrogen) atoms. The zero-order valence-corrected chi connectivity index (χ0v) is 13.9. The highest BCUT2D eigenvalue weighted by Gasteiger charge is 2.11. The van der Waals surface area contributed by atoms with Crippen molar-refractivity contribution in [1.82, 2.24) is 4.98 Å². The number of nitrogen functional groups attached to an aromatic ring is 2. The molecule has 0 aliphatic rings. The van der Waals surface area contributed by atoms with Crippen LogP contribution < -0.4 is 11.5 Å². The highest BCUT2D eigenvalue weighted by Crippen LogP contribution is 2.30. The van der Waals surface area contributed by atoms with Crippen LogP contribution in [0, 0.1) is 10.8 Å². The van der Waals surface area contributed by atoms with Crippen LogP contribution in [0.3, 0.4) is 0 Å². The van der Waals surface area contributed by atoms with Crippen molar-refractivity contribution in [2.24, 2.45) is 11.5 Å². The SMILES string of the molecule is Cl.N=C(N)c1ccc2[nH]c(-c3cc4cc(C(=N)N)ccc4o3)cc2c1. The summed E-state index contributed by atoms with van der Waals surface area (Å²) in [4.78, 5) is 3.30. The van der Waals surface area contributed by atoms with Gasteiger partial charge in [-0.25, -0.2) is 0 Å². The summed E-state index contributed by atoms with van der Waals surface area (Å²) in [6, 6.07) is 14.9. The van der Waals surface area contributed by atoms with Crippen LogP contribution in [-0.4, -0.2) is 16.7 Å². The van der Waals surface area contributed by atoms with Crippen molar-refractivity contribution in [3.63, 3.8) is 0 Å². The normalized spacial score (nSPS) is 10.7. The van der Waals surface area contributed by atoms with E-state index in [-0.39, 0.29) is 24.1 Å². The Labute approximate surface area is 149 Å². The van der Waals surface area contributed by atoms with Gasteiger partial charge in [0, 0.05) is 27.4 Å². The van der Waals surface area contributed by atoms with Gasteiger partial charge < -0.3 is 20.9 Å². The lowest BCUT2D eigenvalue weighted by atomic mass is 10.1. The number of hydrogen-bond donors (Lipinski definition) is 5. The molecule has 0 aliphatic heterocycles. The number of benzene rings is 2. The van der Waals surface area contributed by atoms with Crippen molar-refractivity contribution < 1.29 is 4.42 Å². The first-order chi connectivity index (χ1) is 11.5. The first kappa shape index (κ1) is 16.6. The van der Waals surface area contributed by atoms with Crippen molar-refractivity contribution >= 4 is 46.0 Å². The van der Waals surface area contributed by atoms with Gasteiger partial charge in [-0.15, -0.1) is 12.4 Å². The molecule has 0 amide bonds. The fourth-order valence-electron chi connectivity index (χ4n) is 2.78. The largest absolute Gasteiger partial charge is 0.455 e. The Kier molecular flexibility index (Phi) is 3.98. The molecule has 4 aromatic rings. The zero-order chi connectivity index (χ0) is 16.8. The third kappa shape index (κ3) is 2.83. The molecule has 0 saturated carbocycles. The molecule has 0 fully saturated rings. The molecule has 0 unspecified atom stereocenters. The summed E-state index contributed by atoms with van der Waals surface area (Å²) in [6.45, 7) is 0. The molecule has 126 valence electrons. The quantitative estimate of drug-likeness (QED) is 0.285. The first-order valence-corrected chi connectivity index (χ1v) is 7.37. The lowest BCUT2D eigenvalue weighted by Crippen LogP contribution is -2.10. The Morgan fingerprint density at radius 1 is 0.840 bits per heavy atom. The minimum absolute atomic E-state index is 0. The summed E-state index contributed by atoms with van der Waals surface area (Å²) >= 11 is 0. The maximum atomic E-state index is 7.53. The number of aromatic nitrogens is 1. The molecule has 0 atom stereocenters.